The van der Waals surface area contributed by atoms with Crippen molar-refractivity contribution in [1.82, 2.24) is 14.3 Å². The number of hydrogen-bond donors (Lipinski definition) is 0. The third-order valence-electron chi connectivity index (χ3n) is 6.21. The van der Waals surface area contributed by atoms with Crippen LogP contribution in [0.3, 0.4) is 0 Å². The standard InChI is InChI=1S/C27H33N3O4/c1-6-18-16-21(20-8-10-28-11-9-20)17-19(7-2)22(18)23-24(31)29-12-14-33-15-13-30(29)25(23)34-26(32)27(3,4)5/h8-11,16-17H,6-7,12-15H2,1-5H3. The predicted octanol–water partition coefficient (Wildman–Crippen LogP) is 4.49. The Morgan fingerprint density at radius 1 is 0.971 bits per heavy atom. The van der Waals surface area contributed by atoms with Gasteiger partial charge >= 0.3 is 5.97 Å². The van der Waals surface area contributed by atoms with Gasteiger partial charge in [-0.1, -0.05) is 26.0 Å². The van der Waals surface area contributed by atoms with Gasteiger partial charge in [-0.15, -0.1) is 0 Å². The topological polar surface area (TPSA) is 75.4 Å². The molecule has 0 aliphatic carbocycles. The van der Waals surface area contributed by atoms with Crippen molar-refractivity contribution in [2.45, 2.75) is 60.5 Å². The first kappa shape index (κ1) is 24.0. The number of benzene rings is 1. The number of ether oxygens (including phenoxy) is 2. The highest BCUT2D eigenvalue weighted by molar-refractivity contribution is 5.83. The fourth-order valence-corrected chi connectivity index (χ4v) is 4.33. The molecule has 0 N–H and O–H groups in total. The number of aryl methyl sites for hydroxylation is 2. The van der Waals surface area contributed by atoms with Gasteiger partial charge in [0.15, 0.2) is 0 Å². The molecule has 34 heavy (non-hydrogen) atoms. The monoisotopic (exact) mass is 463 g/mol. The number of pyridine rings is 1. The van der Waals surface area contributed by atoms with Crippen molar-refractivity contribution in [1.29, 1.82) is 0 Å². The summed E-state index contributed by atoms with van der Waals surface area (Å²) in [6, 6.07) is 8.24. The lowest BCUT2D eigenvalue weighted by molar-refractivity contribution is -0.143. The van der Waals surface area contributed by atoms with E-state index in [0.717, 1.165) is 40.7 Å². The molecule has 0 saturated heterocycles. The van der Waals surface area contributed by atoms with Crippen LogP contribution >= 0.6 is 0 Å². The zero-order chi connectivity index (χ0) is 24.5. The molecular formula is C27H33N3O4. The highest BCUT2D eigenvalue weighted by Gasteiger charge is 2.32. The molecule has 0 saturated carbocycles. The van der Waals surface area contributed by atoms with Crippen LogP contribution in [-0.2, 0) is 35.5 Å². The normalized spacial score (nSPS) is 13.9. The molecule has 3 heterocycles. The van der Waals surface area contributed by atoms with Gasteiger partial charge in [0.2, 0.25) is 5.88 Å². The summed E-state index contributed by atoms with van der Waals surface area (Å²) in [6.45, 7) is 11.4. The molecule has 7 nitrogen and oxygen atoms in total. The highest BCUT2D eigenvalue weighted by atomic mass is 16.5. The zero-order valence-electron chi connectivity index (χ0n) is 20.7. The fraction of sp³-hybridized carbons (Fsp3) is 0.444. The average Bonchev–Trinajstić information content (AvgIpc) is 2.98. The predicted molar refractivity (Wildman–Crippen MR) is 132 cm³/mol. The molecule has 0 bridgehead atoms. The second kappa shape index (κ2) is 9.58. The largest absolute Gasteiger partial charge is 0.407 e. The highest BCUT2D eigenvalue weighted by Crippen LogP contribution is 2.38. The van der Waals surface area contributed by atoms with Crippen LogP contribution in [0.5, 0.6) is 5.88 Å². The number of esters is 1. The van der Waals surface area contributed by atoms with E-state index in [1.807, 2.05) is 32.9 Å². The first-order valence-corrected chi connectivity index (χ1v) is 12.0. The Labute approximate surface area is 200 Å². The number of carbonyl (C=O) groups is 1. The third-order valence-corrected chi connectivity index (χ3v) is 6.21. The van der Waals surface area contributed by atoms with Gasteiger partial charge in [-0.05, 0) is 73.6 Å². The summed E-state index contributed by atoms with van der Waals surface area (Å²) in [7, 11) is 0. The number of hydrogen-bond acceptors (Lipinski definition) is 5. The molecule has 7 heteroatoms. The van der Waals surface area contributed by atoms with Crippen LogP contribution in [0.1, 0.15) is 45.7 Å². The van der Waals surface area contributed by atoms with Crippen molar-refractivity contribution in [2.24, 2.45) is 5.41 Å². The van der Waals surface area contributed by atoms with Crippen LogP contribution in [0.25, 0.3) is 22.3 Å². The molecule has 2 aromatic heterocycles. The Hall–Kier alpha value is -3.19. The molecule has 1 aromatic carbocycles. The summed E-state index contributed by atoms with van der Waals surface area (Å²) in [6.07, 6.45) is 5.04. The Morgan fingerprint density at radius 2 is 1.56 bits per heavy atom. The van der Waals surface area contributed by atoms with Gasteiger partial charge in [-0.3, -0.25) is 14.6 Å². The van der Waals surface area contributed by atoms with E-state index in [4.69, 9.17) is 9.47 Å². The minimum Gasteiger partial charge on any atom is -0.407 e. The van der Waals surface area contributed by atoms with Crippen LogP contribution in [-0.4, -0.2) is 33.5 Å². The molecule has 0 fully saturated rings. The first-order valence-electron chi connectivity index (χ1n) is 12.0. The van der Waals surface area contributed by atoms with Crippen LogP contribution in [0.2, 0.25) is 0 Å². The van der Waals surface area contributed by atoms with E-state index in [1.165, 1.54) is 0 Å². The average molecular weight is 464 g/mol. The van der Waals surface area contributed by atoms with Gasteiger partial charge in [-0.25, -0.2) is 9.36 Å². The summed E-state index contributed by atoms with van der Waals surface area (Å²) in [5.41, 5.74) is 4.75. The van der Waals surface area contributed by atoms with Crippen LogP contribution < -0.4 is 10.3 Å². The van der Waals surface area contributed by atoms with E-state index in [9.17, 15) is 9.59 Å². The molecule has 0 atom stereocenters. The molecule has 4 rings (SSSR count). The SMILES string of the molecule is CCc1cc(-c2ccncc2)cc(CC)c1-c1c(OC(=O)C(C)(C)C)n2n(c1=O)CCOCC2. The molecule has 0 spiro atoms. The first-order chi connectivity index (χ1) is 16.3. The summed E-state index contributed by atoms with van der Waals surface area (Å²) >= 11 is 0. The molecular weight excluding hydrogens is 430 g/mol. The minimum atomic E-state index is -0.705. The summed E-state index contributed by atoms with van der Waals surface area (Å²) < 4.78 is 15.0. The molecule has 0 amide bonds. The van der Waals surface area contributed by atoms with Crippen molar-refractivity contribution in [2.75, 3.05) is 13.2 Å². The third kappa shape index (κ3) is 4.44. The number of carbonyl (C=O) groups excluding carboxylic acids is 1. The Bertz CT molecular complexity index is 1220. The molecule has 1 aliphatic rings. The van der Waals surface area contributed by atoms with Crippen molar-refractivity contribution >= 4 is 5.97 Å². The van der Waals surface area contributed by atoms with E-state index in [1.54, 1.807) is 21.8 Å². The quantitative estimate of drug-likeness (QED) is 0.522. The van der Waals surface area contributed by atoms with Gasteiger partial charge in [0.25, 0.3) is 5.56 Å². The number of fused-ring (bicyclic) bond motifs is 1. The van der Waals surface area contributed by atoms with E-state index < -0.39 is 5.41 Å². The van der Waals surface area contributed by atoms with Gasteiger partial charge < -0.3 is 9.47 Å². The maximum Gasteiger partial charge on any atom is 0.317 e. The minimum absolute atomic E-state index is 0.150. The van der Waals surface area contributed by atoms with E-state index in [2.05, 4.69) is 31.0 Å². The van der Waals surface area contributed by atoms with Gasteiger partial charge in [0.1, 0.15) is 5.56 Å². The summed E-state index contributed by atoms with van der Waals surface area (Å²) in [5, 5.41) is 0. The van der Waals surface area contributed by atoms with Crippen LogP contribution in [0, 0.1) is 5.41 Å². The van der Waals surface area contributed by atoms with Gasteiger partial charge in [0.05, 0.1) is 31.7 Å². The summed E-state index contributed by atoms with van der Waals surface area (Å²) in [5.74, 6) is -0.0548. The van der Waals surface area contributed by atoms with E-state index in [0.29, 0.717) is 37.7 Å². The van der Waals surface area contributed by atoms with E-state index >= 15 is 0 Å². The number of aromatic nitrogens is 3. The number of nitrogens with zero attached hydrogens (tertiary/aromatic N) is 3. The van der Waals surface area contributed by atoms with Gasteiger partial charge in [0, 0.05) is 12.4 Å². The Balaban J connectivity index is 1.98. The Morgan fingerprint density at radius 3 is 2.12 bits per heavy atom. The zero-order valence-corrected chi connectivity index (χ0v) is 20.7. The van der Waals surface area contributed by atoms with Crippen molar-refractivity contribution in [3.63, 3.8) is 0 Å². The molecule has 1 aliphatic heterocycles. The molecule has 0 unspecified atom stereocenters. The smallest absolute Gasteiger partial charge is 0.317 e. The van der Waals surface area contributed by atoms with Crippen molar-refractivity contribution < 1.29 is 14.3 Å². The molecule has 180 valence electrons. The fourth-order valence-electron chi connectivity index (χ4n) is 4.33. The lowest BCUT2D eigenvalue weighted by atomic mass is 9.89. The van der Waals surface area contributed by atoms with Crippen LogP contribution in [0.15, 0.2) is 41.5 Å². The van der Waals surface area contributed by atoms with Gasteiger partial charge in [-0.2, -0.15) is 0 Å². The Kier molecular flexibility index (Phi) is 6.75. The number of rotatable bonds is 5. The van der Waals surface area contributed by atoms with E-state index in [-0.39, 0.29) is 11.5 Å². The lowest BCUT2D eigenvalue weighted by Crippen LogP contribution is -2.27. The maximum atomic E-state index is 13.8. The second-order valence-electron chi connectivity index (χ2n) is 9.60. The molecule has 0 radical (unpaired) electrons. The summed E-state index contributed by atoms with van der Waals surface area (Å²) in [4.78, 5) is 30.9. The molecule has 3 aromatic rings. The van der Waals surface area contributed by atoms with Crippen molar-refractivity contribution in [3.05, 3.63) is 58.1 Å². The maximum absolute atomic E-state index is 13.8. The van der Waals surface area contributed by atoms with Crippen molar-refractivity contribution in [3.8, 4) is 28.1 Å². The second-order valence-corrected chi connectivity index (χ2v) is 9.60. The van der Waals surface area contributed by atoms with Crippen LogP contribution in [0.4, 0.5) is 0 Å². The lowest BCUT2D eigenvalue weighted by Gasteiger charge is -2.20.